The van der Waals surface area contributed by atoms with E-state index in [0.717, 1.165) is 0 Å². The maximum absolute atomic E-state index is 13.5. The van der Waals surface area contributed by atoms with Crippen molar-refractivity contribution < 1.29 is 23.0 Å². The Kier molecular flexibility index (Phi) is 6.68. The molecule has 1 amide bonds. The number of hydrogen-bond acceptors (Lipinski definition) is 8. The Balaban J connectivity index is 1.44. The van der Waals surface area contributed by atoms with Crippen LogP contribution in [0, 0.1) is 0 Å². The second-order valence-electron chi connectivity index (χ2n) is 7.41. The summed E-state index contributed by atoms with van der Waals surface area (Å²) >= 11 is 0. The Morgan fingerprint density at radius 1 is 1.24 bits per heavy atom. The Morgan fingerprint density at radius 2 is 2.06 bits per heavy atom. The summed E-state index contributed by atoms with van der Waals surface area (Å²) in [5.74, 6) is -1.84. The molecule has 0 bridgehead atoms. The molecule has 0 aliphatic carbocycles. The van der Waals surface area contributed by atoms with Gasteiger partial charge in [0.15, 0.2) is 11.6 Å². The van der Waals surface area contributed by atoms with Gasteiger partial charge in [-0.3, -0.25) is 9.78 Å². The number of rotatable bonds is 7. The third-order valence-corrected chi connectivity index (χ3v) is 4.79. The SMILES string of the molecule is CCOc1cccnc1Oc1cncc(-c2ncc(C(=O)N[C@@H]3CNCC(F)(F)C3)cn2)c1. The highest BCUT2D eigenvalue weighted by atomic mass is 19.3. The number of ether oxygens (including phenoxy) is 2. The van der Waals surface area contributed by atoms with Gasteiger partial charge in [-0.25, -0.2) is 23.7 Å². The molecule has 2 N–H and O–H groups in total. The van der Waals surface area contributed by atoms with Crippen molar-refractivity contribution >= 4 is 5.91 Å². The van der Waals surface area contributed by atoms with Crippen LogP contribution in [0.5, 0.6) is 17.4 Å². The number of piperidine rings is 1. The fraction of sp³-hybridized carbons (Fsp3) is 0.318. The van der Waals surface area contributed by atoms with Gasteiger partial charge in [-0.1, -0.05) is 0 Å². The lowest BCUT2D eigenvalue weighted by Crippen LogP contribution is -2.53. The molecule has 1 saturated heterocycles. The quantitative estimate of drug-likeness (QED) is 0.558. The van der Waals surface area contributed by atoms with Gasteiger partial charge in [-0.2, -0.15) is 0 Å². The van der Waals surface area contributed by atoms with Crippen LogP contribution in [-0.4, -0.2) is 57.5 Å². The van der Waals surface area contributed by atoms with E-state index < -0.39 is 24.3 Å². The standard InChI is InChI=1S/C22H22F2N6O3/c1-2-32-18-4-3-5-27-21(18)33-17-6-14(8-25-12-17)19-28-9-15(10-29-19)20(31)30-16-7-22(23,24)13-26-11-16/h3-6,8-10,12,16,26H,2,7,11,13H2,1H3,(H,30,31)/t16-/m0/s1. The Hall–Kier alpha value is -3.73. The molecule has 0 spiro atoms. The molecule has 4 heterocycles. The van der Waals surface area contributed by atoms with E-state index in [9.17, 15) is 13.6 Å². The normalized spacial score (nSPS) is 17.2. The van der Waals surface area contributed by atoms with Crippen molar-refractivity contribution in [2.45, 2.75) is 25.3 Å². The van der Waals surface area contributed by atoms with Gasteiger partial charge >= 0.3 is 0 Å². The van der Waals surface area contributed by atoms with Crippen LogP contribution in [0.4, 0.5) is 8.78 Å². The number of alkyl halides is 2. The minimum Gasteiger partial charge on any atom is -0.488 e. The first-order chi connectivity index (χ1) is 15.9. The van der Waals surface area contributed by atoms with Crippen molar-refractivity contribution in [3.63, 3.8) is 0 Å². The summed E-state index contributed by atoms with van der Waals surface area (Å²) in [6.07, 6.45) is 6.93. The van der Waals surface area contributed by atoms with Gasteiger partial charge in [0.05, 0.1) is 24.9 Å². The average molecular weight is 456 g/mol. The van der Waals surface area contributed by atoms with Crippen molar-refractivity contribution in [2.24, 2.45) is 0 Å². The van der Waals surface area contributed by atoms with Gasteiger partial charge in [0, 0.05) is 49.4 Å². The van der Waals surface area contributed by atoms with E-state index in [1.807, 2.05) is 6.92 Å². The highest BCUT2D eigenvalue weighted by molar-refractivity contribution is 5.93. The monoisotopic (exact) mass is 456 g/mol. The number of hydrogen-bond donors (Lipinski definition) is 2. The molecule has 0 saturated carbocycles. The molecule has 9 nitrogen and oxygen atoms in total. The molecule has 11 heteroatoms. The summed E-state index contributed by atoms with van der Waals surface area (Å²) in [6.45, 7) is 2.22. The van der Waals surface area contributed by atoms with Gasteiger partial charge in [0.1, 0.15) is 5.75 Å². The van der Waals surface area contributed by atoms with E-state index in [1.54, 1.807) is 30.6 Å². The molecule has 33 heavy (non-hydrogen) atoms. The van der Waals surface area contributed by atoms with Gasteiger partial charge in [0.25, 0.3) is 17.7 Å². The smallest absolute Gasteiger partial charge is 0.262 e. The Labute approximate surface area is 188 Å². The van der Waals surface area contributed by atoms with Crippen LogP contribution in [0.1, 0.15) is 23.7 Å². The topological polar surface area (TPSA) is 111 Å². The molecule has 4 rings (SSSR count). The molecule has 172 valence electrons. The molecule has 1 aliphatic rings. The number of nitrogens with one attached hydrogen (secondary N) is 2. The molecule has 0 radical (unpaired) electrons. The number of halogens is 2. The van der Waals surface area contributed by atoms with E-state index in [1.165, 1.54) is 18.6 Å². The summed E-state index contributed by atoms with van der Waals surface area (Å²) in [4.78, 5) is 29.2. The van der Waals surface area contributed by atoms with Crippen LogP contribution in [0.2, 0.25) is 0 Å². The molecular weight excluding hydrogens is 434 g/mol. The van der Waals surface area contributed by atoms with Crippen molar-refractivity contribution in [3.05, 3.63) is 54.7 Å². The van der Waals surface area contributed by atoms with Gasteiger partial charge < -0.3 is 20.1 Å². The number of amides is 1. The fourth-order valence-electron chi connectivity index (χ4n) is 3.33. The van der Waals surface area contributed by atoms with Crippen LogP contribution in [-0.2, 0) is 0 Å². The molecule has 1 atom stereocenters. The number of carbonyl (C=O) groups excluding carboxylic acids is 1. The zero-order valence-corrected chi connectivity index (χ0v) is 17.8. The van der Waals surface area contributed by atoms with Crippen LogP contribution in [0.3, 0.4) is 0 Å². The largest absolute Gasteiger partial charge is 0.488 e. The predicted octanol–water partition coefficient (Wildman–Crippen LogP) is 2.85. The average Bonchev–Trinajstić information content (AvgIpc) is 2.80. The van der Waals surface area contributed by atoms with E-state index in [0.29, 0.717) is 35.4 Å². The Morgan fingerprint density at radius 3 is 2.82 bits per heavy atom. The third-order valence-electron chi connectivity index (χ3n) is 4.79. The molecule has 1 fully saturated rings. The molecule has 0 unspecified atom stereocenters. The first-order valence-corrected chi connectivity index (χ1v) is 10.4. The van der Waals surface area contributed by atoms with Crippen molar-refractivity contribution in [1.82, 2.24) is 30.6 Å². The van der Waals surface area contributed by atoms with Gasteiger partial charge in [-0.15, -0.1) is 0 Å². The lowest BCUT2D eigenvalue weighted by atomic mass is 10.0. The highest BCUT2D eigenvalue weighted by Crippen LogP contribution is 2.30. The summed E-state index contributed by atoms with van der Waals surface area (Å²) in [7, 11) is 0. The lowest BCUT2D eigenvalue weighted by molar-refractivity contribution is -0.0301. The zero-order chi connectivity index (χ0) is 23.3. The molecule has 0 aromatic carbocycles. The molecule has 1 aliphatic heterocycles. The maximum Gasteiger partial charge on any atom is 0.262 e. The van der Waals surface area contributed by atoms with E-state index in [2.05, 4.69) is 30.6 Å². The fourth-order valence-corrected chi connectivity index (χ4v) is 3.33. The maximum atomic E-state index is 13.5. The first-order valence-electron chi connectivity index (χ1n) is 10.4. The minimum absolute atomic E-state index is 0.169. The van der Waals surface area contributed by atoms with Crippen molar-refractivity contribution in [3.8, 4) is 28.8 Å². The van der Waals surface area contributed by atoms with Crippen molar-refractivity contribution in [1.29, 1.82) is 0 Å². The van der Waals surface area contributed by atoms with Gasteiger partial charge in [0.2, 0.25) is 0 Å². The number of carbonyl (C=O) groups is 1. The van der Waals surface area contributed by atoms with Crippen LogP contribution >= 0.6 is 0 Å². The second-order valence-corrected chi connectivity index (χ2v) is 7.41. The number of aromatic nitrogens is 4. The van der Waals surface area contributed by atoms with E-state index in [4.69, 9.17) is 9.47 Å². The van der Waals surface area contributed by atoms with Crippen LogP contribution < -0.4 is 20.1 Å². The summed E-state index contributed by atoms with van der Waals surface area (Å²) in [5.41, 5.74) is 0.729. The predicted molar refractivity (Wildman–Crippen MR) is 114 cm³/mol. The molecule has 3 aromatic heterocycles. The molecular formula is C22H22F2N6O3. The number of pyridine rings is 2. The summed E-state index contributed by atoms with van der Waals surface area (Å²) in [5, 5.41) is 5.21. The lowest BCUT2D eigenvalue weighted by Gasteiger charge is -2.30. The molecule has 3 aromatic rings. The van der Waals surface area contributed by atoms with E-state index >= 15 is 0 Å². The van der Waals surface area contributed by atoms with Crippen LogP contribution in [0.15, 0.2) is 49.2 Å². The zero-order valence-electron chi connectivity index (χ0n) is 17.8. The second kappa shape index (κ2) is 9.82. The van der Waals surface area contributed by atoms with Gasteiger partial charge in [-0.05, 0) is 25.1 Å². The Bertz CT molecular complexity index is 1110. The minimum atomic E-state index is -2.85. The summed E-state index contributed by atoms with van der Waals surface area (Å²) < 4.78 is 38.3. The van der Waals surface area contributed by atoms with E-state index in [-0.39, 0.29) is 18.7 Å². The third kappa shape index (κ3) is 5.75. The summed E-state index contributed by atoms with van der Waals surface area (Å²) in [6, 6.07) is 4.50. The first kappa shape index (κ1) is 22.5. The van der Waals surface area contributed by atoms with Crippen LogP contribution in [0.25, 0.3) is 11.4 Å². The highest BCUT2D eigenvalue weighted by Gasteiger charge is 2.36. The van der Waals surface area contributed by atoms with Crippen molar-refractivity contribution in [2.75, 3.05) is 19.7 Å². The number of nitrogens with zero attached hydrogens (tertiary/aromatic N) is 4.